The molecule has 12 heavy (non-hydrogen) atoms. The first-order chi connectivity index (χ1) is 5.86. The average Bonchev–Trinajstić information content (AvgIpc) is 2.58. The zero-order chi connectivity index (χ0) is 8.39. The number of aromatic nitrogens is 1. The fraction of sp³-hybridized carbons (Fsp3) is 0.250. The van der Waals surface area contributed by atoms with E-state index >= 15 is 0 Å². The summed E-state index contributed by atoms with van der Waals surface area (Å²) in [5.41, 5.74) is 0.916. The van der Waals surface area contributed by atoms with Gasteiger partial charge in [0.25, 0.3) is 0 Å². The topological polar surface area (TPSA) is 25.2 Å². The molecule has 0 aromatic carbocycles. The molecule has 4 heteroatoms. The van der Waals surface area contributed by atoms with E-state index < -0.39 is 5.95 Å². The van der Waals surface area contributed by atoms with E-state index in [-0.39, 0.29) is 0 Å². The van der Waals surface area contributed by atoms with Gasteiger partial charge >= 0.3 is 0 Å². The molecule has 0 atom stereocenters. The molecule has 1 aromatic heterocycles. The zero-order valence-electron chi connectivity index (χ0n) is 6.33. The second kappa shape index (κ2) is 3.23. The Balaban J connectivity index is 2.28. The van der Waals surface area contributed by atoms with Gasteiger partial charge in [-0.15, -0.1) is 11.8 Å². The number of rotatable bonds is 1. The van der Waals surface area contributed by atoms with Crippen molar-refractivity contribution in [3.05, 3.63) is 29.8 Å². The second-order valence-corrected chi connectivity index (χ2v) is 3.49. The molecule has 0 unspecified atom stereocenters. The Bertz CT molecular complexity index is 307. The molecular weight excluding hydrogens is 175 g/mol. The maximum absolute atomic E-state index is 12.4. The molecule has 0 aliphatic carbocycles. The van der Waals surface area contributed by atoms with Gasteiger partial charge in [0.2, 0.25) is 5.95 Å². The minimum absolute atomic E-state index is 0.442. The third-order valence-electron chi connectivity index (χ3n) is 1.56. The first-order valence-electron chi connectivity index (χ1n) is 3.65. The maximum Gasteiger partial charge on any atom is 0.212 e. The van der Waals surface area contributed by atoms with Crippen LogP contribution in [0.25, 0.3) is 0 Å². The summed E-state index contributed by atoms with van der Waals surface area (Å²) in [5, 5.41) is 0.975. The van der Waals surface area contributed by atoms with Crippen LogP contribution in [-0.2, 0) is 0 Å². The van der Waals surface area contributed by atoms with Gasteiger partial charge in [-0.05, 0) is 12.1 Å². The van der Waals surface area contributed by atoms with Crippen molar-refractivity contribution in [1.82, 2.24) is 4.98 Å². The lowest BCUT2D eigenvalue weighted by molar-refractivity contribution is 0.583. The predicted molar refractivity (Wildman–Crippen MR) is 48.1 cm³/mol. The summed E-state index contributed by atoms with van der Waals surface area (Å²) in [6.45, 7) is 0.859. The Morgan fingerprint density at radius 2 is 2.33 bits per heavy atom. The van der Waals surface area contributed by atoms with Gasteiger partial charge in [0.15, 0.2) is 0 Å². The van der Waals surface area contributed by atoms with Crippen molar-refractivity contribution in [1.29, 1.82) is 0 Å². The summed E-state index contributed by atoms with van der Waals surface area (Å²) in [6.07, 6.45) is 1.52. The molecule has 0 N–H and O–H groups in total. The van der Waals surface area contributed by atoms with Crippen molar-refractivity contribution in [3.63, 3.8) is 0 Å². The molecule has 1 aromatic rings. The van der Waals surface area contributed by atoms with Gasteiger partial charge in [-0.2, -0.15) is 4.39 Å². The number of pyridine rings is 1. The predicted octanol–water partition coefficient (Wildman–Crippen LogP) is 1.71. The Hall–Kier alpha value is -0.900. The highest BCUT2D eigenvalue weighted by Crippen LogP contribution is 2.18. The molecule has 0 saturated carbocycles. The molecule has 1 aliphatic rings. The van der Waals surface area contributed by atoms with Crippen LogP contribution >= 0.6 is 11.8 Å². The van der Waals surface area contributed by atoms with Crippen LogP contribution in [-0.4, -0.2) is 22.3 Å². The lowest BCUT2D eigenvalue weighted by atomic mass is 10.3. The summed E-state index contributed by atoms with van der Waals surface area (Å²) in [5.74, 6) is 0.578. The summed E-state index contributed by atoms with van der Waals surface area (Å²) >= 11 is 1.69. The molecule has 0 bridgehead atoms. The van der Waals surface area contributed by atoms with Gasteiger partial charge in [-0.1, -0.05) is 0 Å². The van der Waals surface area contributed by atoms with Crippen LogP contribution in [0.15, 0.2) is 23.3 Å². The zero-order valence-corrected chi connectivity index (χ0v) is 7.14. The molecular formula is C8H7FN2S. The summed E-state index contributed by atoms with van der Waals surface area (Å²) in [4.78, 5) is 7.82. The van der Waals surface area contributed by atoms with Crippen LogP contribution in [0, 0.1) is 5.95 Å². The molecule has 0 amide bonds. The minimum atomic E-state index is -0.442. The summed E-state index contributed by atoms with van der Waals surface area (Å²) in [6, 6.07) is 3.07. The average molecular weight is 182 g/mol. The van der Waals surface area contributed by atoms with Crippen LogP contribution in [0.4, 0.5) is 4.39 Å². The van der Waals surface area contributed by atoms with Crippen LogP contribution < -0.4 is 0 Å². The van der Waals surface area contributed by atoms with Crippen molar-refractivity contribution in [2.45, 2.75) is 0 Å². The smallest absolute Gasteiger partial charge is 0.212 e. The molecule has 0 saturated heterocycles. The molecule has 0 fully saturated rings. The molecule has 0 radical (unpaired) electrons. The van der Waals surface area contributed by atoms with Crippen molar-refractivity contribution in [2.75, 3.05) is 12.3 Å². The molecule has 2 heterocycles. The van der Waals surface area contributed by atoms with Gasteiger partial charge in [-0.3, -0.25) is 4.99 Å². The normalized spacial score (nSPS) is 16.2. The highest BCUT2D eigenvalue weighted by molar-refractivity contribution is 8.14. The van der Waals surface area contributed by atoms with E-state index in [0.717, 1.165) is 22.9 Å². The number of thioether (sulfide) groups is 1. The van der Waals surface area contributed by atoms with E-state index in [2.05, 4.69) is 9.98 Å². The summed E-state index contributed by atoms with van der Waals surface area (Å²) in [7, 11) is 0. The molecule has 62 valence electrons. The third kappa shape index (κ3) is 1.48. The number of nitrogens with zero attached hydrogens (tertiary/aromatic N) is 2. The first-order valence-corrected chi connectivity index (χ1v) is 4.64. The van der Waals surface area contributed by atoms with Gasteiger partial charge in [-0.25, -0.2) is 4.98 Å². The second-order valence-electron chi connectivity index (χ2n) is 2.40. The molecule has 1 aliphatic heterocycles. The lowest BCUT2D eigenvalue weighted by Crippen LogP contribution is -1.93. The van der Waals surface area contributed by atoms with Gasteiger partial charge < -0.3 is 0 Å². The van der Waals surface area contributed by atoms with E-state index in [0.29, 0.717) is 0 Å². The lowest BCUT2D eigenvalue weighted by Gasteiger charge is -1.96. The largest absolute Gasteiger partial charge is 0.277 e. The third-order valence-corrected chi connectivity index (χ3v) is 2.58. The first kappa shape index (κ1) is 7.73. The molecule has 2 rings (SSSR count). The van der Waals surface area contributed by atoms with Crippen molar-refractivity contribution >= 4 is 16.8 Å². The quantitative estimate of drug-likeness (QED) is 0.618. The Morgan fingerprint density at radius 3 is 2.92 bits per heavy atom. The van der Waals surface area contributed by atoms with E-state index in [1.165, 1.54) is 12.3 Å². The highest BCUT2D eigenvalue weighted by Gasteiger charge is 2.09. The fourth-order valence-electron chi connectivity index (χ4n) is 1.01. The van der Waals surface area contributed by atoms with Crippen molar-refractivity contribution < 1.29 is 4.39 Å². The van der Waals surface area contributed by atoms with Gasteiger partial charge in [0.1, 0.15) is 0 Å². The van der Waals surface area contributed by atoms with Crippen LogP contribution in [0.3, 0.4) is 0 Å². The van der Waals surface area contributed by atoms with Crippen molar-refractivity contribution in [2.24, 2.45) is 4.99 Å². The molecule has 0 spiro atoms. The minimum Gasteiger partial charge on any atom is -0.277 e. The number of hydrogen-bond donors (Lipinski definition) is 0. The monoisotopic (exact) mass is 182 g/mol. The standard InChI is InChI=1S/C8H7FN2S/c9-7-2-1-6(5-11-7)8-10-3-4-12-8/h1-2,5H,3-4H2. The summed E-state index contributed by atoms with van der Waals surface area (Å²) < 4.78 is 12.4. The Morgan fingerprint density at radius 1 is 1.42 bits per heavy atom. The van der Waals surface area contributed by atoms with Crippen LogP contribution in [0.1, 0.15) is 5.56 Å². The number of aliphatic imine (C=N–C) groups is 1. The SMILES string of the molecule is Fc1ccc(C2=NCCS2)cn1. The number of halogens is 1. The van der Waals surface area contributed by atoms with Crippen molar-refractivity contribution in [3.8, 4) is 0 Å². The fourth-order valence-corrected chi connectivity index (χ4v) is 1.86. The Labute approximate surface area is 73.9 Å². The Kier molecular flexibility index (Phi) is 2.08. The maximum atomic E-state index is 12.4. The van der Waals surface area contributed by atoms with E-state index in [9.17, 15) is 4.39 Å². The molecule has 2 nitrogen and oxygen atoms in total. The number of hydrogen-bond acceptors (Lipinski definition) is 3. The van der Waals surface area contributed by atoms with Gasteiger partial charge in [0, 0.05) is 24.1 Å². The van der Waals surface area contributed by atoms with E-state index in [4.69, 9.17) is 0 Å². The van der Waals surface area contributed by atoms with E-state index in [1.54, 1.807) is 17.8 Å². The van der Waals surface area contributed by atoms with Gasteiger partial charge in [0.05, 0.1) is 5.04 Å². The highest BCUT2D eigenvalue weighted by atomic mass is 32.2. The van der Waals surface area contributed by atoms with Crippen LogP contribution in [0.2, 0.25) is 0 Å². The van der Waals surface area contributed by atoms with Crippen LogP contribution in [0.5, 0.6) is 0 Å². The van der Waals surface area contributed by atoms with E-state index in [1.807, 2.05) is 0 Å².